The van der Waals surface area contributed by atoms with Crippen molar-refractivity contribution in [3.05, 3.63) is 46.5 Å². The van der Waals surface area contributed by atoms with E-state index in [1.165, 1.54) is 5.56 Å². The summed E-state index contributed by atoms with van der Waals surface area (Å²) in [5, 5.41) is 6.62. The molecule has 0 spiro atoms. The maximum atomic E-state index is 6.26. The molecule has 0 aliphatic carbocycles. The smallest absolute Gasteiger partial charge is 0.128 e. The first-order chi connectivity index (χ1) is 10.2. The minimum absolute atomic E-state index is 0.748. The van der Waals surface area contributed by atoms with Crippen molar-refractivity contribution in [1.29, 1.82) is 0 Å². The summed E-state index contributed by atoms with van der Waals surface area (Å²) in [6.45, 7) is 2.94. The summed E-state index contributed by atoms with van der Waals surface area (Å²) in [5.74, 6) is 0.896. The first-order valence-corrected chi connectivity index (χ1v) is 7.40. The van der Waals surface area contributed by atoms with Crippen molar-refractivity contribution in [3.63, 3.8) is 0 Å². The van der Waals surface area contributed by atoms with Crippen molar-refractivity contribution in [1.82, 2.24) is 9.78 Å². The Morgan fingerprint density at radius 2 is 2.14 bits per heavy atom. The van der Waals surface area contributed by atoms with Gasteiger partial charge in [0, 0.05) is 22.5 Å². The van der Waals surface area contributed by atoms with Crippen molar-refractivity contribution in [2.24, 2.45) is 0 Å². The predicted octanol–water partition coefficient (Wildman–Crippen LogP) is 4.23. The summed E-state index contributed by atoms with van der Waals surface area (Å²) in [6.07, 6.45) is 0.973. The molecule has 21 heavy (non-hydrogen) atoms. The first kappa shape index (κ1) is 12.7. The fraction of sp³-hybridized carbons (Fsp3) is 0.235. The van der Waals surface area contributed by atoms with E-state index in [0.29, 0.717) is 0 Å². The van der Waals surface area contributed by atoms with Crippen LogP contribution in [0.2, 0.25) is 5.02 Å². The fourth-order valence-electron chi connectivity index (χ4n) is 3.23. The van der Waals surface area contributed by atoms with Gasteiger partial charge in [0.15, 0.2) is 0 Å². The average molecular weight is 299 g/mol. The standard InChI is InChI=1S/C17H15ClN2O/c1-10-8-12(18)9-13-16(10)19-20-7-6-11-4-3-5-14(21-2)15(11)17(13)20/h3-5,8-9H,6-7H2,1-2H3. The zero-order valence-corrected chi connectivity index (χ0v) is 12.7. The van der Waals surface area contributed by atoms with E-state index < -0.39 is 0 Å². The van der Waals surface area contributed by atoms with Gasteiger partial charge in [-0.25, -0.2) is 0 Å². The molecule has 0 atom stereocenters. The number of fused-ring (bicyclic) bond motifs is 5. The van der Waals surface area contributed by atoms with E-state index in [4.69, 9.17) is 21.4 Å². The van der Waals surface area contributed by atoms with Gasteiger partial charge >= 0.3 is 0 Å². The predicted molar refractivity (Wildman–Crippen MR) is 85.2 cm³/mol. The molecule has 2 heterocycles. The second-order valence-electron chi connectivity index (χ2n) is 5.43. The number of rotatable bonds is 1. The number of aryl methyl sites for hydroxylation is 3. The summed E-state index contributed by atoms with van der Waals surface area (Å²) in [4.78, 5) is 0. The maximum Gasteiger partial charge on any atom is 0.128 e. The Morgan fingerprint density at radius 3 is 2.95 bits per heavy atom. The molecule has 1 aliphatic rings. The van der Waals surface area contributed by atoms with Gasteiger partial charge in [0.05, 0.1) is 18.3 Å². The molecular formula is C17H15ClN2O. The lowest BCUT2D eigenvalue weighted by molar-refractivity contribution is 0.414. The third-order valence-corrected chi connectivity index (χ3v) is 4.38. The highest BCUT2D eigenvalue weighted by atomic mass is 35.5. The molecule has 106 valence electrons. The normalized spacial score (nSPS) is 13.1. The molecule has 0 saturated heterocycles. The molecular weight excluding hydrogens is 284 g/mol. The topological polar surface area (TPSA) is 27.1 Å². The number of halogens is 1. The lowest BCUT2D eigenvalue weighted by Gasteiger charge is -2.20. The van der Waals surface area contributed by atoms with Crippen LogP contribution in [0.3, 0.4) is 0 Å². The number of methoxy groups -OCH3 is 1. The minimum Gasteiger partial charge on any atom is -0.496 e. The van der Waals surface area contributed by atoms with Crippen molar-refractivity contribution in [2.45, 2.75) is 19.9 Å². The van der Waals surface area contributed by atoms with Crippen LogP contribution in [0.1, 0.15) is 11.1 Å². The van der Waals surface area contributed by atoms with Gasteiger partial charge in [-0.3, -0.25) is 4.68 Å². The molecule has 2 aromatic carbocycles. The zero-order valence-electron chi connectivity index (χ0n) is 12.0. The molecule has 3 nitrogen and oxygen atoms in total. The van der Waals surface area contributed by atoms with E-state index >= 15 is 0 Å². The highest BCUT2D eigenvalue weighted by molar-refractivity contribution is 6.31. The van der Waals surface area contributed by atoms with E-state index in [1.807, 2.05) is 24.3 Å². The Morgan fingerprint density at radius 1 is 1.29 bits per heavy atom. The second-order valence-corrected chi connectivity index (χ2v) is 5.87. The summed E-state index contributed by atoms with van der Waals surface area (Å²) < 4.78 is 7.66. The lowest BCUT2D eigenvalue weighted by atomic mass is 9.95. The number of nitrogens with zero attached hydrogens (tertiary/aromatic N) is 2. The molecule has 0 unspecified atom stereocenters. The molecule has 1 aromatic heterocycles. The lowest BCUT2D eigenvalue weighted by Crippen LogP contribution is -2.12. The quantitative estimate of drug-likeness (QED) is 0.672. The number of hydrogen-bond acceptors (Lipinski definition) is 2. The molecule has 0 amide bonds. The molecule has 1 aliphatic heterocycles. The highest BCUT2D eigenvalue weighted by Gasteiger charge is 2.24. The van der Waals surface area contributed by atoms with Crippen LogP contribution >= 0.6 is 11.6 Å². The fourth-order valence-corrected chi connectivity index (χ4v) is 3.51. The van der Waals surface area contributed by atoms with Crippen molar-refractivity contribution in [2.75, 3.05) is 7.11 Å². The third-order valence-electron chi connectivity index (χ3n) is 4.16. The Balaban J connectivity index is 2.14. The third kappa shape index (κ3) is 1.77. The Hall–Kier alpha value is -2.00. The molecule has 4 heteroatoms. The van der Waals surface area contributed by atoms with Crippen LogP contribution in [0, 0.1) is 6.92 Å². The van der Waals surface area contributed by atoms with E-state index in [2.05, 4.69) is 17.7 Å². The minimum atomic E-state index is 0.748. The summed E-state index contributed by atoms with van der Waals surface area (Å²) in [5.41, 5.74) is 5.70. The van der Waals surface area contributed by atoms with Gasteiger partial charge in [-0.15, -0.1) is 0 Å². The van der Waals surface area contributed by atoms with Crippen LogP contribution < -0.4 is 4.74 Å². The zero-order chi connectivity index (χ0) is 14.6. The van der Waals surface area contributed by atoms with E-state index in [9.17, 15) is 0 Å². The van der Waals surface area contributed by atoms with Crippen molar-refractivity contribution >= 4 is 22.5 Å². The Bertz CT molecular complexity index is 853. The summed E-state index contributed by atoms with van der Waals surface area (Å²) >= 11 is 6.26. The molecule has 0 N–H and O–H groups in total. The molecule has 4 rings (SSSR count). The number of ether oxygens (including phenoxy) is 1. The van der Waals surface area contributed by atoms with Crippen LogP contribution in [-0.2, 0) is 13.0 Å². The Labute approximate surface area is 128 Å². The van der Waals surface area contributed by atoms with Crippen LogP contribution in [0.15, 0.2) is 30.3 Å². The van der Waals surface area contributed by atoms with Crippen LogP contribution in [0.4, 0.5) is 0 Å². The SMILES string of the molecule is COc1cccc2c1-c1c3cc(Cl)cc(C)c3nn1CC2. The second kappa shape index (κ2) is 4.50. The highest BCUT2D eigenvalue weighted by Crippen LogP contribution is 2.41. The van der Waals surface area contributed by atoms with E-state index in [-0.39, 0.29) is 0 Å². The molecule has 0 radical (unpaired) electrons. The van der Waals surface area contributed by atoms with Gasteiger partial charge in [0.25, 0.3) is 0 Å². The molecule has 0 bridgehead atoms. The van der Waals surface area contributed by atoms with Gasteiger partial charge in [-0.05, 0) is 42.7 Å². The van der Waals surface area contributed by atoms with Gasteiger partial charge < -0.3 is 4.74 Å². The van der Waals surface area contributed by atoms with Crippen LogP contribution in [0.5, 0.6) is 5.75 Å². The summed E-state index contributed by atoms with van der Waals surface area (Å²) in [7, 11) is 1.71. The number of hydrogen-bond donors (Lipinski definition) is 0. The van der Waals surface area contributed by atoms with Gasteiger partial charge in [0.1, 0.15) is 5.75 Å². The summed E-state index contributed by atoms with van der Waals surface area (Å²) in [6, 6.07) is 10.2. The molecule has 3 aromatic rings. The van der Waals surface area contributed by atoms with Gasteiger partial charge in [-0.1, -0.05) is 23.7 Å². The van der Waals surface area contributed by atoms with Crippen LogP contribution in [-0.4, -0.2) is 16.9 Å². The monoisotopic (exact) mass is 298 g/mol. The van der Waals surface area contributed by atoms with Crippen LogP contribution in [0.25, 0.3) is 22.2 Å². The Kier molecular flexibility index (Phi) is 2.73. The van der Waals surface area contributed by atoms with Gasteiger partial charge in [-0.2, -0.15) is 5.10 Å². The molecule has 0 saturated carbocycles. The maximum absolute atomic E-state index is 6.26. The average Bonchev–Trinajstić information content (AvgIpc) is 2.85. The van der Waals surface area contributed by atoms with Gasteiger partial charge in [0.2, 0.25) is 0 Å². The molecule has 0 fully saturated rings. The number of aromatic nitrogens is 2. The van der Waals surface area contributed by atoms with Crippen molar-refractivity contribution in [3.8, 4) is 17.0 Å². The first-order valence-electron chi connectivity index (χ1n) is 7.02. The van der Waals surface area contributed by atoms with Crippen molar-refractivity contribution < 1.29 is 4.74 Å². The number of benzene rings is 2. The van der Waals surface area contributed by atoms with E-state index in [0.717, 1.165) is 51.5 Å². The largest absolute Gasteiger partial charge is 0.496 e. The van der Waals surface area contributed by atoms with E-state index in [1.54, 1.807) is 7.11 Å².